The predicted molar refractivity (Wildman–Crippen MR) is 148 cm³/mol. The van der Waals surface area contributed by atoms with Crippen molar-refractivity contribution in [1.82, 2.24) is 15.0 Å². The van der Waals surface area contributed by atoms with E-state index in [1.165, 1.54) is 9.13 Å². The van der Waals surface area contributed by atoms with Gasteiger partial charge in [-0.25, -0.2) is 0 Å². The van der Waals surface area contributed by atoms with Crippen molar-refractivity contribution in [2.75, 3.05) is 6.61 Å². The number of aryl methyl sites for hydroxylation is 2. The van der Waals surface area contributed by atoms with E-state index in [0.717, 1.165) is 24.1 Å². The first-order chi connectivity index (χ1) is 16.8. The fraction of sp³-hybridized carbons (Fsp3) is 0.481. The summed E-state index contributed by atoms with van der Waals surface area (Å²) in [6.07, 6.45) is 4.39. The zero-order chi connectivity index (χ0) is 25.0. The van der Waals surface area contributed by atoms with Gasteiger partial charge in [-0.3, -0.25) is 4.68 Å². The van der Waals surface area contributed by atoms with Gasteiger partial charge in [0.05, 0.1) is 30.4 Å². The van der Waals surface area contributed by atoms with Gasteiger partial charge in [0, 0.05) is 21.9 Å². The highest BCUT2D eigenvalue weighted by molar-refractivity contribution is 14.1. The van der Waals surface area contributed by atoms with Crippen LogP contribution in [0.4, 0.5) is 4.11 Å². The summed E-state index contributed by atoms with van der Waals surface area (Å²) < 4.78 is 25.0. The van der Waals surface area contributed by atoms with Crippen molar-refractivity contribution in [2.24, 2.45) is 5.92 Å². The number of nitrogens with zero attached hydrogens (tertiary/aromatic N) is 3. The average molecular weight is 608 g/mol. The van der Waals surface area contributed by atoms with Crippen LogP contribution >= 0.6 is 22.6 Å². The molecule has 1 N–H and O–H groups in total. The Morgan fingerprint density at radius 1 is 1.11 bits per heavy atom. The van der Waals surface area contributed by atoms with Gasteiger partial charge in [0.25, 0.3) is 0 Å². The summed E-state index contributed by atoms with van der Waals surface area (Å²) in [7, 11) is -2.91. The molecule has 1 fully saturated rings. The monoisotopic (exact) mass is 607 g/mol. The molecule has 8 heteroatoms. The lowest BCUT2D eigenvalue weighted by atomic mass is 9.95. The van der Waals surface area contributed by atoms with Crippen molar-refractivity contribution in [3.63, 3.8) is 0 Å². The Hall–Kier alpha value is -1.62. The van der Waals surface area contributed by atoms with E-state index in [2.05, 4.69) is 64.1 Å². The van der Waals surface area contributed by atoms with Gasteiger partial charge in [0.1, 0.15) is 0 Å². The standard InChI is InChI=1S/C27H35FIN3O2Si/c1-19-25(13-12-20-8-7-11-22(29)16-20)34-26(27(19)35(2,3)28)14-15-32-17-24(30-31-32)23(18-33)21-9-5-4-6-10-21/h4-11,16-17,19,23,25-27,33H,12-15,18H2,1-3H3/t19-,23?,25+,26-,27+/m0/s1. The SMILES string of the molecule is C[C@@H]1[C@@H]([Si](C)(C)F)[C@H](CCn2cc(C(CO)c3ccccc3)nn2)O[C@@H]1CCc1cccc(I)c1. The maximum absolute atomic E-state index is 15.4. The van der Waals surface area contributed by atoms with Crippen molar-refractivity contribution in [2.45, 2.75) is 69.5 Å². The fourth-order valence-corrected chi connectivity index (χ4v) is 8.75. The summed E-state index contributed by atoms with van der Waals surface area (Å²) >= 11 is 2.34. The third-order valence-electron chi connectivity index (χ3n) is 7.24. The van der Waals surface area contributed by atoms with Crippen LogP contribution in [-0.4, -0.2) is 47.3 Å². The van der Waals surface area contributed by atoms with E-state index in [1.54, 1.807) is 4.68 Å². The molecule has 0 bridgehead atoms. The molecule has 1 aromatic heterocycles. The second-order valence-electron chi connectivity index (χ2n) is 10.2. The zero-order valence-electron chi connectivity index (χ0n) is 20.6. The molecule has 4 rings (SSSR count). The van der Waals surface area contributed by atoms with E-state index in [9.17, 15) is 5.11 Å². The lowest BCUT2D eigenvalue weighted by Gasteiger charge is -2.28. The molecule has 5 nitrogen and oxygen atoms in total. The van der Waals surface area contributed by atoms with Crippen LogP contribution in [-0.2, 0) is 17.7 Å². The molecule has 35 heavy (non-hydrogen) atoms. The summed E-state index contributed by atoms with van der Waals surface area (Å²) in [4.78, 5) is 0. The van der Waals surface area contributed by atoms with E-state index in [4.69, 9.17) is 4.74 Å². The second-order valence-corrected chi connectivity index (χ2v) is 15.2. The van der Waals surface area contributed by atoms with E-state index in [0.29, 0.717) is 13.0 Å². The van der Waals surface area contributed by atoms with Gasteiger partial charge < -0.3 is 14.0 Å². The molecule has 3 aromatic rings. The Kier molecular flexibility index (Phi) is 8.78. The third-order valence-corrected chi connectivity index (χ3v) is 10.4. The molecular formula is C27H35FIN3O2Si. The highest BCUT2D eigenvalue weighted by Crippen LogP contribution is 2.47. The van der Waals surface area contributed by atoms with Crippen LogP contribution in [0.15, 0.2) is 60.8 Å². The normalized spacial score (nSPS) is 23.5. The molecule has 1 unspecified atom stereocenters. The van der Waals surface area contributed by atoms with Gasteiger partial charge in [-0.2, -0.15) is 0 Å². The summed E-state index contributed by atoms with van der Waals surface area (Å²) in [5.41, 5.74) is 3.01. The minimum Gasteiger partial charge on any atom is -0.395 e. The van der Waals surface area contributed by atoms with E-state index < -0.39 is 8.41 Å². The number of aromatic nitrogens is 3. The fourth-order valence-electron chi connectivity index (χ4n) is 5.55. The van der Waals surface area contributed by atoms with E-state index >= 15 is 4.11 Å². The van der Waals surface area contributed by atoms with Crippen molar-refractivity contribution in [3.8, 4) is 0 Å². The highest BCUT2D eigenvalue weighted by Gasteiger charge is 2.50. The molecule has 2 aromatic carbocycles. The maximum atomic E-state index is 15.4. The van der Waals surface area contributed by atoms with Crippen LogP contribution in [0.25, 0.3) is 0 Å². The number of hydrogen-bond donors (Lipinski definition) is 1. The number of aliphatic hydroxyl groups excluding tert-OH is 1. The van der Waals surface area contributed by atoms with Crippen LogP contribution in [0.5, 0.6) is 0 Å². The molecule has 0 spiro atoms. The average Bonchev–Trinajstić information content (AvgIpc) is 3.41. The van der Waals surface area contributed by atoms with E-state index in [-0.39, 0.29) is 36.2 Å². The molecule has 0 saturated carbocycles. The number of halogens is 2. The van der Waals surface area contributed by atoms with Crippen LogP contribution < -0.4 is 0 Å². The Balaban J connectivity index is 1.41. The number of benzene rings is 2. The van der Waals surface area contributed by atoms with Crippen LogP contribution in [0, 0.1) is 9.49 Å². The first-order valence-corrected chi connectivity index (χ1v) is 16.4. The predicted octanol–water partition coefficient (Wildman–Crippen LogP) is 5.98. The summed E-state index contributed by atoms with van der Waals surface area (Å²) in [6, 6.07) is 18.4. The van der Waals surface area contributed by atoms with Crippen molar-refractivity contribution in [1.29, 1.82) is 0 Å². The molecule has 0 amide bonds. The zero-order valence-corrected chi connectivity index (χ0v) is 23.8. The first-order valence-electron chi connectivity index (χ1n) is 12.4. The third kappa shape index (κ3) is 6.58. The second kappa shape index (κ2) is 11.6. The van der Waals surface area contributed by atoms with Gasteiger partial charge in [0.2, 0.25) is 8.41 Å². The van der Waals surface area contributed by atoms with Crippen LogP contribution in [0.1, 0.15) is 42.5 Å². The highest BCUT2D eigenvalue weighted by atomic mass is 127. The Bertz CT molecular complexity index is 1090. The Morgan fingerprint density at radius 2 is 1.89 bits per heavy atom. The van der Waals surface area contributed by atoms with Gasteiger partial charge in [0.15, 0.2) is 0 Å². The molecule has 1 aliphatic heterocycles. The summed E-state index contributed by atoms with van der Waals surface area (Å²) in [6.45, 7) is 6.37. The molecular weight excluding hydrogens is 572 g/mol. The number of aliphatic hydroxyl groups is 1. The van der Waals surface area contributed by atoms with Gasteiger partial charge in [-0.05, 0) is 84.1 Å². The maximum Gasteiger partial charge on any atom is 0.246 e. The van der Waals surface area contributed by atoms with Crippen LogP contribution in [0.2, 0.25) is 18.6 Å². The summed E-state index contributed by atoms with van der Waals surface area (Å²) in [5, 5.41) is 18.6. The quantitative estimate of drug-likeness (QED) is 0.175. The topological polar surface area (TPSA) is 60.2 Å². The lowest BCUT2D eigenvalue weighted by Crippen LogP contribution is -2.36. The van der Waals surface area contributed by atoms with E-state index in [1.807, 2.05) is 49.6 Å². The lowest BCUT2D eigenvalue weighted by molar-refractivity contribution is 0.0247. The first kappa shape index (κ1) is 26.4. The minimum atomic E-state index is -2.91. The largest absolute Gasteiger partial charge is 0.395 e. The molecule has 188 valence electrons. The number of ether oxygens (including phenoxy) is 1. The van der Waals surface area contributed by atoms with Crippen molar-refractivity contribution in [3.05, 3.63) is 81.2 Å². The molecule has 1 saturated heterocycles. The molecule has 0 aliphatic carbocycles. The van der Waals surface area contributed by atoms with Gasteiger partial charge >= 0.3 is 0 Å². The smallest absolute Gasteiger partial charge is 0.246 e. The number of hydrogen-bond acceptors (Lipinski definition) is 4. The molecule has 1 aliphatic rings. The molecule has 5 atom stereocenters. The van der Waals surface area contributed by atoms with Crippen LogP contribution in [0.3, 0.4) is 0 Å². The van der Waals surface area contributed by atoms with Gasteiger partial charge in [-0.15, -0.1) is 5.10 Å². The molecule has 0 radical (unpaired) electrons. The Morgan fingerprint density at radius 3 is 2.57 bits per heavy atom. The number of rotatable bonds is 10. The minimum absolute atomic E-state index is 0.0299. The molecule has 2 heterocycles. The van der Waals surface area contributed by atoms with Crippen molar-refractivity contribution >= 4 is 31.0 Å². The van der Waals surface area contributed by atoms with Crippen molar-refractivity contribution < 1.29 is 14.0 Å². The Labute approximate surface area is 222 Å². The van der Waals surface area contributed by atoms with Gasteiger partial charge in [-0.1, -0.05) is 54.6 Å². The summed E-state index contributed by atoms with van der Waals surface area (Å²) in [5.74, 6) is -0.0133.